The third-order valence-corrected chi connectivity index (χ3v) is 3.17. The number of nitrogens with zero attached hydrogens (tertiary/aromatic N) is 1. The number of furan rings is 1. The van der Waals surface area contributed by atoms with Crippen LogP contribution >= 0.6 is 0 Å². The Morgan fingerprint density at radius 2 is 2.10 bits per heavy atom. The summed E-state index contributed by atoms with van der Waals surface area (Å²) < 4.78 is 20.0. The minimum Gasteiger partial charge on any atom is -0.463 e. The Hall–Kier alpha value is -2.82. The second-order valence-electron chi connectivity index (χ2n) is 4.56. The highest BCUT2D eigenvalue weighted by Gasteiger charge is 2.16. The SMILES string of the molecule is C=CCn1c(C(=O)Nc2ccc(F)cc2)cc2occc21. The fraction of sp³-hybridized carbons (Fsp3) is 0.0625. The number of carbonyl (C=O) groups is 1. The monoisotopic (exact) mass is 284 g/mol. The van der Waals surface area contributed by atoms with E-state index in [0.29, 0.717) is 23.5 Å². The number of allylic oxidation sites excluding steroid dienone is 1. The Morgan fingerprint density at radius 3 is 2.81 bits per heavy atom. The lowest BCUT2D eigenvalue weighted by Gasteiger charge is -2.08. The molecule has 4 nitrogen and oxygen atoms in total. The molecule has 3 aromatic rings. The number of fused-ring (bicyclic) bond motifs is 1. The zero-order valence-electron chi connectivity index (χ0n) is 11.2. The standard InChI is InChI=1S/C16H13FN2O2/c1-2-8-19-13-7-9-21-15(13)10-14(19)16(20)18-12-5-3-11(17)4-6-12/h2-7,9-10H,1,8H2,(H,18,20). The number of benzene rings is 1. The number of anilines is 1. The van der Waals surface area contributed by atoms with E-state index in [4.69, 9.17) is 4.42 Å². The van der Waals surface area contributed by atoms with Crippen molar-refractivity contribution in [3.63, 3.8) is 0 Å². The Bertz CT molecular complexity index is 799. The number of rotatable bonds is 4. The van der Waals surface area contributed by atoms with Crippen molar-refractivity contribution in [2.75, 3.05) is 5.32 Å². The van der Waals surface area contributed by atoms with Crippen LogP contribution in [-0.2, 0) is 6.54 Å². The van der Waals surface area contributed by atoms with E-state index >= 15 is 0 Å². The van der Waals surface area contributed by atoms with E-state index in [9.17, 15) is 9.18 Å². The summed E-state index contributed by atoms with van der Waals surface area (Å²) in [6.45, 7) is 4.19. The van der Waals surface area contributed by atoms with Crippen LogP contribution in [0.2, 0.25) is 0 Å². The Labute approximate surface area is 120 Å². The molecule has 0 spiro atoms. The van der Waals surface area contributed by atoms with Gasteiger partial charge in [0.2, 0.25) is 0 Å². The van der Waals surface area contributed by atoms with Gasteiger partial charge in [-0.25, -0.2) is 4.39 Å². The topological polar surface area (TPSA) is 47.2 Å². The highest BCUT2D eigenvalue weighted by molar-refractivity contribution is 6.05. The lowest BCUT2D eigenvalue weighted by Crippen LogP contribution is -2.16. The molecule has 106 valence electrons. The number of amides is 1. The van der Waals surface area contributed by atoms with Crippen molar-refractivity contribution in [1.82, 2.24) is 4.57 Å². The van der Waals surface area contributed by atoms with Gasteiger partial charge in [-0.3, -0.25) is 4.79 Å². The lowest BCUT2D eigenvalue weighted by molar-refractivity contribution is 0.101. The molecule has 0 bridgehead atoms. The fourth-order valence-electron chi connectivity index (χ4n) is 2.22. The first-order chi connectivity index (χ1) is 10.2. The van der Waals surface area contributed by atoms with Gasteiger partial charge in [-0.2, -0.15) is 0 Å². The van der Waals surface area contributed by atoms with Gasteiger partial charge in [0.15, 0.2) is 5.58 Å². The van der Waals surface area contributed by atoms with Gasteiger partial charge in [0.1, 0.15) is 11.5 Å². The van der Waals surface area contributed by atoms with Crippen molar-refractivity contribution < 1.29 is 13.6 Å². The van der Waals surface area contributed by atoms with Crippen molar-refractivity contribution in [1.29, 1.82) is 0 Å². The van der Waals surface area contributed by atoms with Gasteiger partial charge in [0.25, 0.3) is 5.91 Å². The highest BCUT2D eigenvalue weighted by Crippen LogP contribution is 2.22. The summed E-state index contributed by atoms with van der Waals surface area (Å²) in [6, 6.07) is 9.09. The number of nitrogens with one attached hydrogen (secondary N) is 1. The predicted molar refractivity (Wildman–Crippen MR) is 78.8 cm³/mol. The van der Waals surface area contributed by atoms with Crippen molar-refractivity contribution in [2.45, 2.75) is 6.54 Å². The first-order valence-electron chi connectivity index (χ1n) is 6.43. The van der Waals surface area contributed by atoms with Crippen molar-refractivity contribution in [3.05, 3.63) is 66.8 Å². The molecule has 1 N–H and O–H groups in total. The second-order valence-corrected chi connectivity index (χ2v) is 4.56. The van der Waals surface area contributed by atoms with E-state index in [1.165, 1.54) is 24.3 Å². The third kappa shape index (κ3) is 2.45. The molecule has 0 atom stereocenters. The van der Waals surface area contributed by atoms with Crippen LogP contribution < -0.4 is 5.32 Å². The van der Waals surface area contributed by atoms with E-state index < -0.39 is 0 Å². The van der Waals surface area contributed by atoms with Crippen LogP contribution in [-0.4, -0.2) is 10.5 Å². The van der Waals surface area contributed by atoms with Crippen LogP contribution in [0.5, 0.6) is 0 Å². The molecule has 0 saturated carbocycles. The summed E-state index contributed by atoms with van der Waals surface area (Å²) in [5, 5.41) is 2.73. The molecule has 1 aromatic carbocycles. The highest BCUT2D eigenvalue weighted by atomic mass is 19.1. The Kier molecular flexibility index (Phi) is 3.31. The number of hydrogen-bond acceptors (Lipinski definition) is 2. The normalized spacial score (nSPS) is 10.7. The molecule has 2 heterocycles. The Balaban J connectivity index is 1.93. The first kappa shape index (κ1) is 13.2. The lowest BCUT2D eigenvalue weighted by atomic mass is 10.3. The molecule has 5 heteroatoms. The maximum Gasteiger partial charge on any atom is 0.272 e. The molecule has 0 unspecified atom stereocenters. The minimum atomic E-state index is -0.347. The van der Waals surface area contributed by atoms with E-state index in [0.717, 1.165) is 5.52 Å². The molecular formula is C16H13FN2O2. The summed E-state index contributed by atoms with van der Waals surface area (Å²) in [5.74, 6) is -0.629. The molecule has 0 aliphatic heterocycles. The number of halogens is 1. The molecule has 0 aliphatic carbocycles. The zero-order chi connectivity index (χ0) is 14.8. The summed E-state index contributed by atoms with van der Waals surface area (Å²) in [6.07, 6.45) is 3.28. The predicted octanol–water partition coefficient (Wildman–Crippen LogP) is 3.81. The van der Waals surface area contributed by atoms with Gasteiger partial charge >= 0.3 is 0 Å². The number of hydrogen-bond donors (Lipinski definition) is 1. The molecular weight excluding hydrogens is 271 g/mol. The van der Waals surface area contributed by atoms with Crippen molar-refractivity contribution in [3.8, 4) is 0 Å². The molecule has 0 fully saturated rings. The van der Waals surface area contributed by atoms with E-state index in [-0.39, 0.29) is 11.7 Å². The van der Waals surface area contributed by atoms with E-state index in [1.54, 1.807) is 24.5 Å². The molecule has 21 heavy (non-hydrogen) atoms. The second kappa shape index (κ2) is 5.28. The molecule has 0 saturated heterocycles. The van der Waals surface area contributed by atoms with Gasteiger partial charge in [0, 0.05) is 24.4 Å². The molecule has 0 radical (unpaired) electrons. The van der Waals surface area contributed by atoms with Gasteiger partial charge in [-0.1, -0.05) is 6.08 Å². The average molecular weight is 284 g/mol. The van der Waals surface area contributed by atoms with Gasteiger partial charge in [0.05, 0.1) is 11.8 Å². The molecule has 2 aromatic heterocycles. The molecule has 3 rings (SSSR count). The van der Waals surface area contributed by atoms with Crippen LogP contribution in [0.15, 0.2) is 59.7 Å². The van der Waals surface area contributed by atoms with Crippen LogP contribution in [0.4, 0.5) is 10.1 Å². The maximum absolute atomic E-state index is 12.9. The summed E-state index contributed by atoms with van der Waals surface area (Å²) >= 11 is 0. The largest absolute Gasteiger partial charge is 0.463 e. The number of aromatic nitrogens is 1. The third-order valence-electron chi connectivity index (χ3n) is 3.17. The Morgan fingerprint density at radius 1 is 1.33 bits per heavy atom. The number of carbonyl (C=O) groups excluding carboxylic acids is 1. The first-order valence-corrected chi connectivity index (χ1v) is 6.43. The summed E-state index contributed by atoms with van der Waals surface area (Å²) in [5.41, 5.74) is 2.47. The van der Waals surface area contributed by atoms with Crippen molar-refractivity contribution in [2.24, 2.45) is 0 Å². The average Bonchev–Trinajstić information content (AvgIpc) is 3.04. The van der Waals surface area contributed by atoms with Gasteiger partial charge in [-0.15, -0.1) is 6.58 Å². The quantitative estimate of drug-likeness (QED) is 0.740. The van der Waals surface area contributed by atoms with Gasteiger partial charge in [-0.05, 0) is 24.3 Å². The zero-order valence-corrected chi connectivity index (χ0v) is 11.2. The van der Waals surface area contributed by atoms with Crippen LogP contribution in [0.25, 0.3) is 11.1 Å². The maximum atomic E-state index is 12.9. The van der Waals surface area contributed by atoms with E-state index in [1.807, 2.05) is 4.57 Å². The van der Waals surface area contributed by atoms with E-state index in [2.05, 4.69) is 11.9 Å². The van der Waals surface area contributed by atoms with Crippen molar-refractivity contribution >= 4 is 22.7 Å². The van der Waals surface area contributed by atoms with Gasteiger partial charge < -0.3 is 14.3 Å². The van der Waals surface area contributed by atoms with Crippen LogP contribution in [0.1, 0.15) is 10.5 Å². The molecule has 0 aliphatic rings. The fourth-order valence-corrected chi connectivity index (χ4v) is 2.22. The minimum absolute atomic E-state index is 0.283. The van der Waals surface area contributed by atoms with Crippen LogP contribution in [0.3, 0.4) is 0 Å². The summed E-state index contributed by atoms with van der Waals surface area (Å²) in [7, 11) is 0. The molecule has 1 amide bonds. The smallest absolute Gasteiger partial charge is 0.272 e. The van der Waals surface area contributed by atoms with Crippen LogP contribution in [0, 0.1) is 5.82 Å². The summed E-state index contributed by atoms with van der Waals surface area (Å²) in [4.78, 5) is 12.4.